The van der Waals surface area contributed by atoms with Crippen LogP contribution in [0.3, 0.4) is 0 Å². The predicted molar refractivity (Wildman–Crippen MR) is 519 cm³/mol. The van der Waals surface area contributed by atoms with Gasteiger partial charge in [-0.3, -0.25) is 52.6 Å². The van der Waals surface area contributed by atoms with Crippen LogP contribution in [0.1, 0.15) is 200 Å². The molecular formula is C103H148N6O38. The van der Waals surface area contributed by atoms with E-state index in [-0.39, 0.29) is 80.0 Å². The van der Waals surface area contributed by atoms with Crippen molar-refractivity contribution >= 4 is 11.9 Å². The highest BCUT2D eigenvalue weighted by atomic mass is 16.9. The van der Waals surface area contributed by atoms with Gasteiger partial charge in [0.2, 0.25) is 6.29 Å². The zero-order chi connectivity index (χ0) is 108. The normalized spacial score (nSPS) is 39.3. The highest BCUT2D eigenvalue weighted by Crippen LogP contribution is 2.52. The zero-order valence-electron chi connectivity index (χ0n) is 86.7. The minimum absolute atomic E-state index is 0.0133. The molecule has 18 rings (SSSR count). The number of benzene rings is 2. The molecule has 147 heavy (non-hydrogen) atoms. The quantitative estimate of drug-likeness (QED) is 0.0370. The Labute approximate surface area is 850 Å². The van der Waals surface area contributed by atoms with Crippen molar-refractivity contribution in [1.82, 2.24) is 28.7 Å². The molecule has 818 valence electrons. The van der Waals surface area contributed by atoms with Gasteiger partial charge in [-0.15, -0.1) is 26.3 Å². The summed E-state index contributed by atoms with van der Waals surface area (Å²) in [7, 11) is 0. The van der Waals surface area contributed by atoms with E-state index in [1.807, 2.05) is 158 Å². The Hall–Kier alpha value is -8.74. The molecule has 13 aliphatic rings. The number of H-pyrrole nitrogens is 3. The highest BCUT2D eigenvalue weighted by molar-refractivity contribution is 5.67. The summed E-state index contributed by atoms with van der Waals surface area (Å²) in [5, 5.41) is 92.1. The summed E-state index contributed by atoms with van der Waals surface area (Å²) < 4.78 is 124. The van der Waals surface area contributed by atoms with Crippen LogP contribution in [0.2, 0.25) is 0 Å². The number of aromatic amines is 3. The summed E-state index contributed by atoms with van der Waals surface area (Å²) in [6, 6.07) is 22.3. The average molecular weight is 2080 g/mol. The van der Waals surface area contributed by atoms with E-state index in [1.54, 1.807) is 45.9 Å². The van der Waals surface area contributed by atoms with Crippen molar-refractivity contribution in [3.8, 4) is 0 Å². The summed E-state index contributed by atoms with van der Waals surface area (Å²) in [5.41, 5.74) is -7.52. The number of nitrogens with one attached hydrogen (secondary N) is 3. The van der Waals surface area contributed by atoms with Gasteiger partial charge in [0.05, 0.1) is 69.2 Å². The van der Waals surface area contributed by atoms with Crippen molar-refractivity contribution in [2.75, 3.05) is 33.0 Å². The lowest BCUT2D eigenvalue weighted by molar-refractivity contribution is -0.373. The average Bonchev–Trinajstić information content (AvgIpc) is 1.46. The van der Waals surface area contributed by atoms with E-state index in [0.29, 0.717) is 25.9 Å². The van der Waals surface area contributed by atoms with Crippen molar-refractivity contribution in [3.63, 3.8) is 0 Å². The number of rotatable bonds is 19. The third-order valence-electron chi connectivity index (χ3n) is 29.3. The van der Waals surface area contributed by atoms with Gasteiger partial charge in [-0.2, -0.15) is 0 Å². The molecule has 0 saturated carbocycles. The molecule has 0 amide bonds. The van der Waals surface area contributed by atoms with E-state index in [9.17, 15) is 84.3 Å². The van der Waals surface area contributed by atoms with E-state index in [4.69, 9.17) is 99.5 Å². The third-order valence-corrected chi connectivity index (χ3v) is 29.3. The molecule has 2 aromatic carbocycles. The SMILES string of the molecule is C=C[C@@](O)(CC)[C@@H]1O[C@@H]2OC(C)(C)O[C@@H]2[C@H]1C.C=C[C@@]12CO[C@@H](c3ccccc3)O[C@H]1[C@H](C)[C@@H](O)[C@H](n1ccc(=O)[nH]c1=O)O2.C=C[C@]1(CC)O[C@@H](OC(C)=O)[C@H](OC(C)=O)[C@@H](C)[C@@H]1C.C=C[C@]1(CO)O[C@@H](n2ccc(=O)[nH]c2=O)[C@H](O)[C@@H](C)[C@@H]1O.CC1(C)O[C@H]2O[C@@H]([C@@H]3COC(C)(C)O3)[C@H](O)[C@H]2O1.CC[C@H](O)[C@@H]1O[C@@H]2OC(C)(C)O[C@@H]2[C@H]1C.C[C@@H]1[C@@H](O)[C@H](n2ccc(=O)[nH]c2=O)O[C@]2(CO)CO[C@@H](c3ccccc3)O[C@@H]12. The molecule has 0 aliphatic carbocycles. The van der Waals surface area contributed by atoms with Crippen LogP contribution in [0.15, 0.2) is 177 Å². The number of hydrogen-bond donors (Lipinski definition) is 12. The fourth-order valence-corrected chi connectivity index (χ4v) is 20.7. The topological polar surface area (TPSA) is 575 Å². The molecular weight excluding hydrogens is 1930 g/mol. The maximum atomic E-state index is 12.2. The van der Waals surface area contributed by atoms with E-state index < -0.39 is 239 Å². The van der Waals surface area contributed by atoms with Gasteiger partial charge in [-0.1, -0.05) is 154 Å². The van der Waals surface area contributed by atoms with Crippen molar-refractivity contribution in [1.29, 1.82) is 0 Å². The van der Waals surface area contributed by atoms with Crippen LogP contribution in [0, 0.1) is 41.4 Å². The van der Waals surface area contributed by atoms with Gasteiger partial charge >= 0.3 is 29.0 Å². The first-order valence-electron chi connectivity index (χ1n) is 49.6. The van der Waals surface area contributed by atoms with Crippen LogP contribution in [0.4, 0.5) is 0 Å². The molecule has 0 bridgehead atoms. The van der Waals surface area contributed by atoms with E-state index >= 15 is 0 Å². The minimum atomic E-state index is -1.50. The predicted octanol–water partition coefficient (Wildman–Crippen LogP) is 5.27. The van der Waals surface area contributed by atoms with Crippen LogP contribution in [-0.2, 0) is 109 Å². The van der Waals surface area contributed by atoms with Crippen molar-refractivity contribution in [2.24, 2.45) is 41.4 Å². The molecule has 0 unspecified atom stereocenters. The number of nitrogens with zero attached hydrogens (tertiary/aromatic N) is 3. The lowest BCUT2D eigenvalue weighted by Crippen LogP contribution is -2.66. The number of fused-ring (bicyclic) bond motifs is 5. The molecule has 5 aromatic rings. The third kappa shape index (κ3) is 25.3. The van der Waals surface area contributed by atoms with Gasteiger partial charge in [-0.25, -0.2) is 14.4 Å². The molecule has 3 aromatic heterocycles. The van der Waals surface area contributed by atoms with Crippen molar-refractivity contribution in [2.45, 2.75) is 363 Å². The van der Waals surface area contributed by atoms with Gasteiger partial charge in [-0.05, 0) is 80.6 Å². The van der Waals surface area contributed by atoms with Crippen LogP contribution in [0.5, 0.6) is 0 Å². The molecule has 16 heterocycles. The van der Waals surface area contributed by atoms with E-state index in [1.165, 1.54) is 50.6 Å². The molecule has 13 saturated heterocycles. The second-order valence-corrected chi connectivity index (χ2v) is 41.1. The maximum absolute atomic E-state index is 12.2. The van der Waals surface area contributed by atoms with Gasteiger partial charge in [0.15, 0.2) is 79.4 Å². The van der Waals surface area contributed by atoms with Gasteiger partial charge < -0.3 is 145 Å². The number of aliphatic hydroxyl groups excluding tert-OH is 8. The smallest absolute Gasteiger partial charge is 0.330 e. The lowest BCUT2D eigenvalue weighted by Gasteiger charge is -2.54. The molecule has 13 aliphatic heterocycles. The van der Waals surface area contributed by atoms with Crippen LogP contribution < -0.4 is 33.7 Å². The number of aromatic nitrogens is 6. The van der Waals surface area contributed by atoms with E-state index in [0.717, 1.165) is 30.9 Å². The number of aliphatic hydroxyl groups is 9. The first-order chi connectivity index (χ1) is 69.1. The molecule has 44 heteroatoms. The monoisotopic (exact) mass is 2080 g/mol. The second kappa shape index (κ2) is 47.2. The number of hydrogen-bond acceptors (Lipinski definition) is 38. The summed E-state index contributed by atoms with van der Waals surface area (Å²) in [6.45, 7) is 51.0. The fraction of sp³-hybridized carbons (Fsp3) is 0.670. The Kier molecular flexibility index (Phi) is 37.6. The Morgan fingerprint density at radius 1 is 0.483 bits per heavy atom. The fourth-order valence-electron chi connectivity index (χ4n) is 20.7. The Balaban J connectivity index is 0.000000154. The first-order valence-corrected chi connectivity index (χ1v) is 49.6. The molecule has 0 radical (unpaired) electrons. The summed E-state index contributed by atoms with van der Waals surface area (Å²) in [4.78, 5) is 98.9. The molecule has 12 N–H and O–H groups in total. The maximum Gasteiger partial charge on any atom is 0.330 e. The summed E-state index contributed by atoms with van der Waals surface area (Å²) in [6.07, 6.45) is -4.29. The zero-order valence-corrected chi connectivity index (χ0v) is 86.7. The lowest BCUT2D eigenvalue weighted by atomic mass is 9.73. The Morgan fingerprint density at radius 2 is 0.939 bits per heavy atom. The van der Waals surface area contributed by atoms with Crippen LogP contribution in [-0.4, -0.2) is 294 Å². The number of carbonyl (C=O) groups excluding carboxylic acids is 2. The summed E-state index contributed by atoms with van der Waals surface area (Å²) >= 11 is 0. The van der Waals surface area contributed by atoms with Gasteiger partial charge in [0.25, 0.3) is 16.7 Å². The van der Waals surface area contributed by atoms with Gasteiger partial charge in [0, 0.05) is 97.3 Å². The van der Waals surface area contributed by atoms with E-state index in [2.05, 4.69) is 41.3 Å². The second-order valence-electron chi connectivity index (χ2n) is 41.1. The molecule has 13 fully saturated rings. The van der Waals surface area contributed by atoms with Crippen LogP contribution >= 0.6 is 0 Å². The first kappa shape index (κ1) is 117. The minimum Gasteiger partial charge on any atom is -0.456 e. The number of carbonyl (C=O) groups is 2. The van der Waals surface area contributed by atoms with Crippen molar-refractivity contribution in [3.05, 3.63) is 222 Å². The van der Waals surface area contributed by atoms with Crippen LogP contribution in [0.25, 0.3) is 0 Å². The Bertz CT molecular complexity index is 5660. The largest absolute Gasteiger partial charge is 0.456 e. The molecule has 0 spiro atoms. The molecule has 37 atom stereocenters. The molecule has 44 nitrogen and oxygen atoms in total. The number of esters is 2. The van der Waals surface area contributed by atoms with Crippen molar-refractivity contribution < 1.29 is 155 Å². The summed E-state index contributed by atoms with van der Waals surface area (Å²) in [5.74, 6) is -4.66. The standard InChI is InChI=1S/C20H22N2O6.C19H22N2O7.C15H24O5.C13H18N2O6.C13H22O4.C12H20O6.C11H20O4/c1-3-20-11-26-18(13-7-5-4-6-8-13)27-16(20)12(2)15(24)17(28-20)22-10-9-14(23)21-19(22)25;1-11-14(24)16(21-8-7-13(23)20-18(21)25)28-19(9-22)10-26-17(27-15(11)19)12-5-3-2-4-6-12;1-7-15(8-2)10(4)9(3)13(18-11(5)16)14(20-15)19-12(6)17;1-3-13(6-16)10(19)7(2)9(18)11(21-13)15-5-4-8(17)14-12(15)20;1-6-13(14,7-2)10-8(3)9-11(15-10)17-12(4,5)16-9;1-11(2)14-5-6(16-11)8-7(13)9-10(15-8)18-12(3,4)17-9;1-5-7(12)8-6(2)9-10(13-8)15-11(3,4)14-9/h3-10,12,15-18,24H,1,11H2,2H3,(H,21,23,25);2-8,11,14-17,22,24H,9-10H2,1H3,(H,20,23,25);7,9-10,13-14H,1,8H2,2-6H3;3-5,7,9-11,16,18-19H,1,6H2,2H3,(H,14,17,20);6,8-11,14H,1,7H2,2-5H3;6-10,13H,5H2,1-4H3;6-10,12H,5H2,1-4H3/t12-,15-,16+,17-,18-,20-;11-,14-,15+,16-,17-,19-;9-,10-,13+,14+,15+;7-,9-,10+,11-,13-;8-,9-,10-,11-,13-;6-,7-,8-,9+,10+;6-,7-,8+,9+,10+/m1101100/s1. The van der Waals surface area contributed by atoms with Gasteiger partial charge in [0.1, 0.15) is 83.4 Å². The highest BCUT2D eigenvalue weighted by Gasteiger charge is 2.64. The number of ether oxygens (including phenoxy) is 21. The Morgan fingerprint density at radius 3 is 1.36 bits per heavy atom.